The highest BCUT2D eigenvalue weighted by molar-refractivity contribution is 7.80. The third-order valence-electron chi connectivity index (χ3n) is 3.72. The van der Waals surface area contributed by atoms with Gasteiger partial charge in [-0.15, -0.1) is 0 Å². The van der Waals surface area contributed by atoms with Gasteiger partial charge in [0.1, 0.15) is 0 Å². The summed E-state index contributed by atoms with van der Waals surface area (Å²) in [6.45, 7) is 6.28. The number of amides is 1. The van der Waals surface area contributed by atoms with Crippen LogP contribution in [-0.4, -0.2) is 23.6 Å². The maximum absolute atomic E-state index is 12.2. The van der Waals surface area contributed by atoms with Crippen LogP contribution in [0.15, 0.2) is 48.5 Å². The lowest BCUT2D eigenvalue weighted by Gasteiger charge is -2.11. The molecule has 2 rings (SSSR count). The summed E-state index contributed by atoms with van der Waals surface area (Å²) in [6, 6.07) is 14.1. The summed E-state index contributed by atoms with van der Waals surface area (Å²) in [6.07, 6.45) is 0. The van der Waals surface area contributed by atoms with Crippen molar-refractivity contribution >= 4 is 34.9 Å². The zero-order chi connectivity index (χ0) is 19.1. The van der Waals surface area contributed by atoms with Crippen LogP contribution in [0, 0.1) is 0 Å². The Morgan fingerprint density at radius 3 is 2.12 bits per heavy atom. The number of ether oxygens (including phenoxy) is 1. The van der Waals surface area contributed by atoms with E-state index >= 15 is 0 Å². The molecule has 0 atom stereocenters. The summed E-state index contributed by atoms with van der Waals surface area (Å²) >= 11 is 5.17. The molecule has 0 heterocycles. The van der Waals surface area contributed by atoms with Crippen molar-refractivity contribution in [3.63, 3.8) is 0 Å². The molecular formula is C20H22N2O3S. The molecule has 0 saturated heterocycles. The van der Waals surface area contributed by atoms with Crippen LogP contribution >= 0.6 is 12.2 Å². The lowest BCUT2D eigenvalue weighted by Crippen LogP contribution is -2.34. The minimum atomic E-state index is -0.375. The van der Waals surface area contributed by atoms with Crippen molar-refractivity contribution in [3.05, 3.63) is 65.2 Å². The second-order valence-corrected chi connectivity index (χ2v) is 6.39. The van der Waals surface area contributed by atoms with Crippen molar-refractivity contribution < 1.29 is 14.3 Å². The Labute approximate surface area is 158 Å². The van der Waals surface area contributed by atoms with Gasteiger partial charge < -0.3 is 10.1 Å². The Morgan fingerprint density at radius 2 is 1.58 bits per heavy atom. The highest BCUT2D eigenvalue weighted by Crippen LogP contribution is 2.15. The number of hydrogen-bond donors (Lipinski definition) is 2. The number of anilines is 1. The molecule has 0 aliphatic carbocycles. The summed E-state index contributed by atoms with van der Waals surface area (Å²) in [7, 11) is 0. The number of carbonyl (C=O) groups excluding carboxylic acids is 2. The van der Waals surface area contributed by atoms with Crippen molar-refractivity contribution in [1.82, 2.24) is 5.32 Å². The van der Waals surface area contributed by atoms with E-state index in [1.54, 1.807) is 43.3 Å². The van der Waals surface area contributed by atoms with Gasteiger partial charge in [-0.3, -0.25) is 10.1 Å². The molecule has 0 aliphatic heterocycles. The number of carbonyl (C=O) groups is 2. The van der Waals surface area contributed by atoms with E-state index < -0.39 is 0 Å². The van der Waals surface area contributed by atoms with Crippen LogP contribution in [0.2, 0.25) is 0 Å². The van der Waals surface area contributed by atoms with Crippen molar-refractivity contribution in [2.45, 2.75) is 26.7 Å². The van der Waals surface area contributed by atoms with Gasteiger partial charge in [0.05, 0.1) is 12.2 Å². The molecule has 5 nitrogen and oxygen atoms in total. The molecule has 0 aliphatic rings. The van der Waals surface area contributed by atoms with Crippen LogP contribution in [0.3, 0.4) is 0 Å². The van der Waals surface area contributed by atoms with Crippen molar-refractivity contribution in [2.24, 2.45) is 0 Å². The molecule has 0 unspecified atom stereocenters. The van der Waals surface area contributed by atoms with Crippen LogP contribution in [-0.2, 0) is 4.74 Å². The molecule has 0 saturated carbocycles. The Balaban J connectivity index is 1.93. The Hall–Kier alpha value is -2.73. The van der Waals surface area contributed by atoms with Gasteiger partial charge in [-0.1, -0.05) is 26.0 Å². The van der Waals surface area contributed by atoms with Crippen molar-refractivity contribution in [1.29, 1.82) is 0 Å². The van der Waals surface area contributed by atoms with Crippen molar-refractivity contribution in [2.75, 3.05) is 11.9 Å². The third kappa shape index (κ3) is 5.39. The smallest absolute Gasteiger partial charge is 0.338 e. The standard InChI is InChI=1S/C20H22N2O3S/c1-4-25-19(24)16-9-11-17(12-10-16)21-20(26)22-18(23)15-7-5-14(6-8-15)13(2)3/h5-13H,4H2,1-3H3,(H2,21,22,23,26). The van der Waals surface area contributed by atoms with Gasteiger partial charge in [0.25, 0.3) is 5.91 Å². The number of thiocarbonyl (C=S) groups is 1. The Kier molecular flexibility index (Phi) is 6.86. The topological polar surface area (TPSA) is 67.4 Å². The number of rotatable bonds is 5. The molecule has 0 radical (unpaired) electrons. The quantitative estimate of drug-likeness (QED) is 0.612. The van der Waals surface area contributed by atoms with Crippen LogP contribution in [0.5, 0.6) is 0 Å². The number of nitrogens with one attached hydrogen (secondary N) is 2. The molecule has 1 amide bonds. The lowest BCUT2D eigenvalue weighted by molar-refractivity contribution is 0.0526. The van der Waals surface area contributed by atoms with E-state index in [-0.39, 0.29) is 17.0 Å². The van der Waals surface area contributed by atoms with Crippen molar-refractivity contribution in [3.8, 4) is 0 Å². The molecule has 0 fully saturated rings. The zero-order valence-corrected chi connectivity index (χ0v) is 15.9. The third-order valence-corrected chi connectivity index (χ3v) is 3.92. The molecule has 2 aromatic rings. The molecule has 26 heavy (non-hydrogen) atoms. The minimum Gasteiger partial charge on any atom is -0.462 e. The van der Waals surface area contributed by atoms with Gasteiger partial charge in [-0.25, -0.2) is 4.79 Å². The molecule has 6 heteroatoms. The Morgan fingerprint density at radius 1 is 1.00 bits per heavy atom. The normalized spacial score (nSPS) is 10.3. The molecule has 0 bridgehead atoms. The monoisotopic (exact) mass is 370 g/mol. The zero-order valence-electron chi connectivity index (χ0n) is 15.0. The van der Waals surface area contributed by atoms with Crippen LogP contribution in [0.1, 0.15) is 53.0 Å². The summed E-state index contributed by atoms with van der Waals surface area (Å²) < 4.78 is 4.93. The molecule has 2 N–H and O–H groups in total. The van der Waals surface area contributed by atoms with E-state index in [1.807, 2.05) is 12.1 Å². The van der Waals surface area contributed by atoms with E-state index in [9.17, 15) is 9.59 Å². The van der Waals surface area contributed by atoms with E-state index in [0.29, 0.717) is 29.3 Å². The fourth-order valence-corrected chi connectivity index (χ4v) is 2.47. The summed E-state index contributed by atoms with van der Waals surface area (Å²) in [4.78, 5) is 23.9. The van der Waals surface area contributed by atoms with E-state index in [1.165, 1.54) is 5.56 Å². The SMILES string of the molecule is CCOC(=O)c1ccc(NC(=S)NC(=O)c2ccc(C(C)C)cc2)cc1. The molecule has 136 valence electrons. The molecule has 0 aromatic heterocycles. The second-order valence-electron chi connectivity index (χ2n) is 5.98. The summed E-state index contributed by atoms with van der Waals surface area (Å²) in [5.74, 6) is -0.242. The maximum atomic E-state index is 12.2. The molecular weight excluding hydrogens is 348 g/mol. The van der Waals surface area contributed by atoms with Crippen LogP contribution < -0.4 is 10.6 Å². The first-order valence-corrected chi connectivity index (χ1v) is 8.81. The first-order chi connectivity index (χ1) is 12.4. The maximum Gasteiger partial charge on any atom is 0.338 e. The fourth-order valence-electron chi connectivity index (χ4n) is 2.26. The second kappa shape index (κ2) is 9.10. The highest BCUT2D eigenvalue weighted by atomic mass is 32.1. The van der Waals surface area contributed by atoms with E-state index in [2.05, 4.69) is 24.5 Å². The van der Waals surface area contributed by atoms with E-state index in [4.69, 9.17) is 17.0 Å². The lowest BCUT2D eigenvalue weighted by atomic mass is 10.0. The predicted molar refractivity (Wildman–Crippen MR) is 107 cm³/mol. The molecule has 0 spiro atoms. The van der Waals surface area contributed by atoms with Gasteiger partial charge in [-0.2, -0.15) is 0 Å². The number of hydrogen-bond acceptors (Lipinski definition) is 4. The average molecular weight is 370 g/mol. The molecule has 2 aromatic carbocycles. The van der Waals surface area contributed by atoms with Crippen LogP contribution in [0.25, 0.3) is 0 Å². The van der Waals surface area contributed by atoms with Gasteiger partial charge in [0.2, 0.25) is 0 Å². The fraction of sp³-hybridized carbons (Fsp3) is 0.250. The largest absolute Gasteiger partial charge is 0.462 e. The highest BCUT2D eigenvalue weighted by Gasteiger charge is 2.10. The van der Waals surface area contributed by atoms with E-state index in [0.717, 1.165) is 0 Å². The Bertz CT molecular complexity index is 784. The first kappa shape index (κ1) is 19.6. The van der Waals surface area contributed by atoms with Gasteiger partial charge in [0.15, 0.2) is 5.11 Å². The number of benzene rings is 2. The van der Waals surface area contributed by atoms with Gasteiger partial charge >= 0.3 is 5.97 Å². The number of esters is 1. The summed E-state index contributed by atoms with van der Waals surface area (Å²) in [5, 5.41) is 5.75. The van der Waals surface area contributed by atoms with Gasteiger partial charge in [0, 0.05) is 11.3 Å². The first-order valence-electron chi connectivity index (χ1n) is 8.40. The minimum absolute atomic E-state index is 0.187. The average Bonchev–Trinajstić information content (AvgIpc) is 2.62. The van der Waals surface area contributed by atoms with Gasteiger partial charge in [-0.05, 0) is 67.0 Å². The summed E-state index contributed by atoms with van der Waals surface area (Å²) in [5.41, 5.74) is 2.83. The predicted octanol–water partition coefficient (Wildman–Crippen LogP) is 4.11. The van der Waals surface area contributed by atoms with Crippen LogP contribution in [0.4, 0.5) is 5.69 Å².